The van der Waals surface area contributed by atoms with Crippen molar-refractivity contribution in [2.45, 2.75) is 58.8 Å². The summed E-state index contributed by atoms with van der Waals surface area (Å²) in [5.74, 6) is -2.44. The fraction of sp³-hybridized carbons (Fsp3) is 0.714. The first-order valence-electron chi connectivity index (χ1n) is 7.12. The summed E-state index contributed by atoms with van der Waals surface area (Å²) in [7, 11) is 0. The molecule has 0 radical (unpaired) electrons. The maximum atomic E-state index is 11.5. The van der Waals surface area contributed by atoms with E-state index in [4.69, 9.17) is 9.84 Å². The maximum absolute atomic E-state index is 11.5. The van der Waals surface area contributed by atoms with Crippen LogP contribution in [0, 0.1) is 0 Å². The fourth-order valence-electron chi connectivity index (χ4n) is 1.25. The van der Waals surface area contributed by atoms with Crippen LogP contribution in [0.25, 0.3) is 0 Å². The normalized spacial score (nSPS) is 12.1. The molecule has 138 valence electrons. The molecular formula is C14H23NO9. The van der Waals surface area contributed by atoms with E-state index >= 15 is 0 Å². The van der Waals surface area contributed by atoms with E-state index in [0.717, 1.165) is 0 Å². The summed E-state index contributed by atoms with van der Waals surface area (Å²) in [4.78, 5) is 45.1. The van der Waals surface area contributed by atoms with Crippen LogP contribution in [0.4, 0.5) is 9.59 Å². The number of carboxylic acids is 1. The summed E-state index contributed by atoms with van der Waals surface area (Å²) in [6.07, 6.45) is -3.08. The number of aliphatic carboxylic acids is 1. The minimum Gasteiger partial charge on any atom is -0.480 e. The Morgan fingerprint density at radius 3 is 2.12 bits per heavy atom. The van der Waals surface area contributed by atoms with E-state index in [1.54, 1.807) is 34.6 Å². The molecule has 24 heavy (non-hydrogen) atoms. The molecular weight excluding hydrogens is 326 g/mol. The third kappa shape index (κ3) is 11.1. The first-order chi connectivity index (χ1) is 10.9. The smallest absolute Gasteiger partial charge is 0.480 e. The van der Waals surface area contributed by atoms with Crippen molar-refractivity contribution in [2.24, 2.45) is 0 Å². The monoisotopic (exact) mass is 349 g/mol. The summed E-state index contributed by atoms with van der Waals surface area (Å²) in [5, 5.41) is 11.0. The Labute approximate surface area is 139 Å². The lowest BCUT2D eigenvalue weighted by Crippen LogP contribution is -2.44. The fourth-order valence-corrected chi connectivity index (χ4v) is 1.25. The van der Waals surface area contributed by atoms with Crippen LogP contribution in [-0.2, 0) is 28.5 Å². The number of rotatable bonds is 7. The van der Waals surface area contributed by atoms with Crippen molar-refractivity contribution in [3.8, 4) is 0 Å². The highest BCUT2D eigenvalue weighted by Gasteiger charge is 2.27. The zero-order valence-corrected chi connectivity index (χ0v) is 14.3. The van der Waals surface area contributed by atoms with Gasteiger partial charge in [-0.2, -0.15) is 0 Å². The topological polar surface area (TPSA) is 137 Å². The summed E-state index contributed by atoms with van der Waals surface area (Å²) in [6.45, 7) is 7.28. The molecule has 0 aromatic rings. The van der Waals surface area contributed by atoms with Gasteiger partial charge in [0, 0.05) is 0 Å². The van der Waals surface area contributed by atoms with E-state index in [0.29, 0.717) is 0 Å². The molecule has 0 aliphatic heterocycles. The third-order valence-electron chi connectivity index (χ3n) is 2.09. The lowest BCUT2D eigenvalue weighted by molar-refractivity contribution is -0.157. The summed E-state index contributed by atoms with van der Waals surface area (Å²) in [6, 6.07) is -1.55. The Morgan fingerprint density at radius 1 is 1.08 bits per heavy atom. The van der Waals surface area contributed by atoms with Crippen molar-refractivity contribution >= 4 is 24.2 Å². The number of hydrogen-bond acceptors (Lipinski definition) is 8. The van der Waals surface area contributed by atoms with Crippen LogP contribution in [0.5, 0.6) is 0 Å². The van der Waals surface area contributed by atoms with Gasteiger partial charge in [-0.1, -0.05) is 0 Å². The van der Waals surface area contributed by atoms with Gasteiger partial charge >= 0.3 is 24.2 Å². The molecule has 1 amide bonds. The number of alkyl carbamates (subject to hydrolysis) is 1. The molecule has 0 unspecified atom stereocenters. The summed E-state index contributed by atoms with van der Waals surface area (Å²) < 4.78 is 18.5. The Hall–Kier alpha value is -2.52. The predicted octanol–water partition coefficient (Wildman–Crippen LogP) is 1.42. The van der Waals surface area contributed by atoms with Crippen molar-refractivity contribution in [1.29, 1.82) is 0 Å². The highest BCUT2D eigenvalue weighted by Crippen LogP contribution is 2.07. The molecule has 0 rings (SSSR count). The number of amides is 1. The van der Waals surface area contributed by atoms with Gasteiger partial charge in [-0.05, 0) is 34.6 Å². The number of ether oxygens (including phenoxy) is 4. The van der Waals surface area contributed by atoms with Crippen molar-refractivity contribution in [3.05, 3.63) is 0 Å². The van der Waals surface area contributed by atoms with Crippen molar-refractivity contribution in [2.75, 3.05) is 6.79 Å². The van der Waals surface area contributed by atoms with Crippen LogP contribution in [0.2, 0.25) is 0 Å². The number of carbonyl (C=O) groups excluding carboxylic acids is 3. The lowest BCUT2D eigenvalue weighted by atomic mass is 10.2. The predicted molar refractivity (Wildman–Crippen MR) is 79.1 cm³/mol. The molecule has 10 heteroatoms. The second kappa shape index (κ2) is 9.58. The van der Waals surface area contributed by atoms with Gasteiger partial charge < -0.3 is 29.4 Å². The largest absolute Gasteiger partial charge is 0.511 e. The molecule has 2 N–H and O–H groups in total. The highest BCUT2D eigenvalue weighted by molar-refractivity contribution is 5.85. The molecule has 0 aliphatic carbocycles. The number of carboxylic acid groups (broad SMARTS) is 1. The van der Waals surface area contributed by atoms with Gasteiger partial charge in [0.05, 0.1) is 12.5 Å². The van der Waals surface area contributed by atoms with E-state index in [1.165, 1.54) is 0 Å². The minimum absolute atomic E-state index is 0.400. The van der Waals surface area contributed by atoms with E-state index in [9.17, 15) is 19.2 Å². The van der Waals surface area contributed by atoms with Gasteiger partial charge in [-0.3, -0.25) is 4.79 Å². The molecule has 0 aromatic heterocycles. The third-order valence-corrected chi connectivity index (χ3v) is 2.09. The second-order valence-electron chi connectivity index (χ2n) is 5.94. The number of nitrogens with one attached hydrogen (secondary N) is 1. The Balaban J connectivity index is 4.32. The average molecular weight is 349 g/mol. The first kappa shape index (κ1) is 21.5. The average Bonchev–Trinajstić information content (AvgIpc) is 2.34. The summed E-state index contributed by atoms with van der Waals surface area (Å²) >= 11 is 0. The molecule has 0 spiro atoms. The number of carbonyl (C=O) groups is 4. The van der Waals surface area contributed by atoms with Gasteiger partial charge in [-0.15, -0.1) is 0 Å². The van der Waals surface area contributed by atoms with Crippen molar-refractivity contribution in [1.82, 2.24) is 5.32 Å². The standard InChI is InChI=1S/C14H23NO9/c1-8(2)23-13(20)22-7-21-10(16)6-9(11(17)18)15-12(19)24-14(3,4)5/h8-9H,6-7H2,1-5H3,(H,15,19)(H,17,18)/t9-/m0/s1. The Kier molecular flexibility index (Phi) is 8.58. The molecule has 0 saturated carbocycles. The van der Waals surface area contributed by atoms with Crippen LogP contribution in [0.3, 0.4) is 0 Å². The Bertz CT molecular complexity index is 467. The number of hydrogen-bond donors (Lipinski definition) is 2. The van der Waals surface area contributed by atoms with Gasteiger partial charge in [-0.25, -0.2) is 14.4 Å². The molecule has 0 fully saturated rings. The van der Waals surface area contributed by atoms with E-state index in [-0.39, 0.29) is 0 Å². The van der Waals surface area contributed by atoms with E-state index in [2.05, 4.69) is 14.2 Å². The van der Waals surface area contributed by atoms with Gasteiger partial charge in [0.1, 0.15) is 11.6 Å². The van der Waals surface area contributed by atoms with Crippen molar-refractivity contribution in [3.63, 3.8) is 0 Å². The molecule has 0 saturated heterocycles. The molecule has 0 aromatic carbocycles. The quantitative estimate of drug-likeness (QED) is 0.397. The van der Waals surface area contributed by atoms with Gasteiger partial charge in [0.2, 0.25) is 6.79 Å². The van der Waals surface area contributed by atoms with Crippen LogP contribution >= 0.6 is 0 Å². The van der Waals surface area contributed by atoms with Gasteiger partial charge in [0.25, 0.3) is 0 Å². The first-order valence-corrected chi connectivity index (χ1v) is 7.12. The van der Waals surface area contributed by atoms with Crippen LogP contribution in [0.15, 0.2) is 0 Å². The number of esters is 1. The van der Waals surface area contributed by atoms with Crippen LogP contribution < -0.4 is 5.32 Å². The SMILES string of the molecule is CC(C)OC(=O)OCOC(=O)C[C@H](NC(=O)OC(C)(C)C)C(=O)O. The van der Waals surface area contributed by atoms with Crippen LogP contribution in [-0.4, -0.2) is 53.8 Å². The minimum atomic E-state index is -1.55. The molecule has 10 nitrogen and oxygen atoms in total. The molecule has 1 atom stereocenters. The van der Waals surface area contributed by atoms with E-state index in [1.807, 2.05) is 5.32 Å². The Morgan fingerprint density at radius 2 is 1.67 bits per heavy atom. The molecule has 0 bridgehead atoms. The van der Waals surface area contributed by atoms with E-state index < -0.39 is 55.1 Å². The highest BCUT2D eigenvalue weighted by atomic mass is 16.8. The van der Waals surface area contributed by atoms with Crippen LogP contribution in [0.1, 0.15) is 41.0 Å². The lowest BCUT2D eigenvalue weighted by Gasteiger charge is -2.21. The second-order valence-corrected chi connectivity index (χ2v) is 5.94. The molecule has 0 aliphatic rings. The summed E-state index contributed by atoms with van der Waals surface area (Å²) in [5.41, 5.74) is -0.821. The van der Waals surface area contributed by atoms with Crippen molar-refractivity contribution < 1.29 is 43.2 Å². The zero-order valence-electron chi connectivity index (χ0n) is 14.3. The maximum Gasteiger partial charge on any atom is 0.511 e. The zero-order chi connectivity index (χ0) is 18.9. The van der Waals surface area contributed by atoms with Gasteiger partial charge in [0.15, 0.2) is 0 Å². The molecule has 0 heterocycles.